The number of carboxylic acid groups (broad SMARTS) is 1. The summed E-state index contributed by atoms with van der Waals surface area (Å²) in [6, 6.07) is 0. The topological polar surface area (TPSA) is 86.7 Å². The highest BCUT2D eigenvalue weighted by molar-refractivity contribution is 5.87. The number of aliphatic carboxylic acids is 1. The minimum atomic E-state index is -0.890. The predicted molar refractivity (Wildman–Crippen MR) is 74.0 cm³/mol. The number of amides is 2. The zero-order valence-electron chi connectivity index (χ0n) is 12.4. The molecule has 1 aliphatic heterocycles. The summed E-state index contributed by atoms with van der Waals surface area (Å²) in [5.41, 5.74) is 0. The molecule has 0 saturated carbocycles. The lowest BCUT2D eigenvalue weighted by Crippen LogP contribution is -2.43. The third kappa shape index (κ3) is 4.83. The summed E-state index contributed by atoms with van der Waals surface area (Å²) in [5, 5.41) is 11.8. The van der Waals surface area contributed by atoms with Crippen LogP contribution in [0.1, 0.15) is 33.1 Å². The number of carbonyl (C=O) groups is 3. The van der Waals surface area contributed by atoms with Gasteiger partial charge in [0.1, 0.15) is 0 Å². The van der Waals surface area contributed by atoms with Crippen LogP contribution in [0.25, 0.3) is 0 Å². The van der Waals surface area contributed by atoms with Gasteiger partial charge in [0.15, 0.2) is 0 Å². The lowest BCUT2D eigenvalue weighted by atomic mass is 9.94. The molecule has 20 heavy (non-hydrogen) atoms. The molecule has 1 fully saturated rings. The fourth-order valence-electron chi connectivity index (χ4n) is 2.38. The Bertz CT molecular complexity index is 381. The third-order valence-corrected chi connectivity index (χ3v) is 3.66. The molecule has 0 aromatic carbocycles. The second-order valence-corrected chi connectivity index (χ2v) is 5.91. The van der Waals surface area contributed by atoms with Gasteiger partial charge in [0.2, 0.25) is 11.8 Å². The van der Waals surface area contributed by atoms with Crippen molar-refractivity contribution < 1.29 is 19.5 Å². The van der Waals surface area contributed by atoms with Crippen LogP contribution in [0.3, 0.4) is 0 Å². The van der Waals surface area contributed by atoms with Crippen LogP contribution in [0.2, 0.25) is 0 Å². The van der Waals surface area contributed by atoms with Crippen molar-refractivity contribution in [3.63, 3.8) is 0 Å². The van der Waals surface area contributed by atoms with Crippen LogP contribution in [0, 0.1) is 17.8 Å². The first-order valence-corrected chi connectivity index (χ1v) is 7.05. The summed E-state index contributed by atoms with van der Waals surface area (Å²) in [7, 11) is 1.72. The van der Waals surface area contributed by atoms with Crippen LogP contribution in [0.15, 0.2) is 0 Å². The molecule has 1 aliphatic rings. The Hall–Kier alpha value is -1.59. The number of carbonyl (C=O) groups excluding carboxylic acids is 2. The zero-order valence-corrected chi connectivity index (χ0v) is 12.4. The van der Waals surface area contributed by atoms with E-state index < -0.39 is 11.9 Å². The lowest BCUT2D eigenvalue weighted by molar-refractivity contribution is -0.143. The van der Waals surface area contributed by atoms with Crippen LogP contribution in [-0.4, -0.2) is 47.9 Å². The number of nitrogens with zero attached hydrogens (tertiary/aromatic N) is 1. The second-order valence-electron chi connectivity index (χ2n) is 5.91. The van der Waals surface area contributed by atoms with Crippen molar-refractivity contribution in [3.8, 4) is 0 Å². The molecular formula is C14H24N2O4. The number of carboxylic acids is 1. The van der Waals surface area contributed by atoms with Gasteiger partial charge in [-0.3, -0.25) is 14.4 Å². The quantitative estimate of drug-likeness (QED) is 0.752. The van der Waals surface area contributed by atoms with Gasteiger partial charge in [-0.2, -0.15) is 0 Å². The van der Waals surface area contributed by atoms with Crippen molar-refractivity contribution in [2.45, 2.75) is 33.1 Å². The minimum absolute atomic E-state index is 0.0339. The van der Waals surface area contributed by atoms with Crippen LogP contribution >= 0.6 is 0 Å². The molecule has 2 N–H and O–H groups in total. The molecule has 0 aromatic rings. The number of hydrogen-bond acceptors (Lipinski definition) is 3. The van der Waals surface area contributed by atoms with E-state index in [1.54, 1.807) is 11.9 Å². The molecule has 1 heterocycles. The van der Waals surface area contributed by atoms with Gasteiger partial charge < -0.3 is 15.3 Å². The summed E-state index contributed by atoms with van der Waals surface area (Å²) in [6.07, 6.45) is 1.38. The van der Waals surface area contributed by atoms with Crippen molar-refractivity contribution >= 4 is 17.8 Å². The molecule has 6 heteroatoms. The Kier molecular flexibility index (Phi) is 5.98. The molecule has 2 amide bonds. The second kappa shape index (κ2) is 7.26. The molecule has 0 bridgehead atoms. The molecular weight excluding hydrogens is 260 g/mol. The molecule has 6 nitrogen and oxygen atoms in total. The van der Waals surface area contributed by atoms with Crippen molar-refractivity contribution in [3.05, 3.63) is 0 Å². The highest BCUT2D eigenvalue weighted by atomic mass is 16.4. The standard InChI is InChI=1S/C14H24N2O4/c1-9(2)6-11(14(19)20)8-15-13(18)10-4-5-16(3)12(17)7-10/h9-11H,4-8H2,1-3H3,(H,15,18)(H,19,20)/t10-,11-/m0/s1. The summed E-state index contributed by atoms with van der Waals surface area (Å²) >= 11 is 0. The average molecular weight is 284 g/mol. The van der Waals surface area contributed by atoms with E-state index in [1.807, 2.05) is 13.8 Å². The smallest absolute Gasteiger partial charge is 0.308 e. The van der Waals surface area contributed by atoms with Crippen molar-refractivity contribution in [1.29, 1.82) is 0 Å². The van der Waals surface area contributed by atoms with E-state index in [1.165, 1.54) is 0 Å². The Morgan fingerprint density at radius 2 is 2.10 bits per heavy atom. The number of piperidine rings is 1. The van der Waals surface area contributed by atoms with Gasteiger partial charge in [0.25, 0.3) is 0 Å². The number of nitrogens with one attached hydrogen (secondary N) is 1. The fraction of sp³-hybridized carbons (Fsp3) is 0.786. The molecule has 0 aliphatic carbocycles. The van der Waals surface area contributed by atoms with E-state index in [0.717, 1.165) is 0 Å². The van der Waals surface area contributed by atoms with Crippen LogP contribution in [0.5, 0.6) is 0 Å². The first kappa shape index (κ1) is 16.5. The number of rotatable bonds is 6. The van der Waals surface area contributed by atoms with Crippen LogP contribution in [0.4, 0.5) is 0 Å². The highest BCUT2D eigenvalue weighted by Crippen LogP contribution is 2.18. The first-order chi connectivity index (χ1) is 9.31. The van der Waals surface area contributed by atoms with E-state index in [4.69, 9.17) is 5.11 Å². The van der Waals surface area contributed by atoms with Crippen molar-refractivity contribution in [1.82, 2.24) is 10.2 Å². The SMILES string of the molecule is CC(C)C[C@@H](CNC(=O)[C@H]1CCN(C)C(=O)C1)C(=O)O. The maximum atomic E-state index is 12.0. The largest absolute Gasteiger partial charge is 0.481 e. The minimum Gasteiger partial charge on any atom is -0.481 e. The van der Waals surface area contributed by atoms with E-state index >= 15 is 0 Å². The monoisotopic (exact) mass is 284 g/mol. The average Bonchev–Trinajstić information content (AvgIpc) is 2.36. The lowest BCUT2D eigenvalue weighted by Gasteiger charge is -2.28. The van der Waals surface area contributed by atoms with E-state index in [0.29, 0.717) is 19.4 Å². The molecule has 0 aromatic heterocycles. The van der Waals surface area contributed by atoms with Crippen LogP contribution in [-0.2, 0) is 14.4 Å². The molecule has 2 atom stereocenters. The molecule has 0 radical (unpaired) electrons. The van der Waals surface area contributed by atoms with Gasteiger partial charge in [-0.05, 0) is 18.8 Å². The molecule has 114 valence electrons. The van der Waals surface area contributed by atoms with Gasteiger partial charge in [0.05, 0.1) is 5.92 Å². The van der Waals surface area contributed by atoms with E-state index in [9.17, 15) is 14.4 Å². The molecule has 1 rings (SSSR count). The zero-order chi connectivity index (χ0) is 15.3. The van der Waals surface area contributed by atoms with Gasteiger partial charge in [-0.15, -0.1) is 0 Å². The predicted octanol–water partition coefficient (Wildman–Crippen LogP) is 0.718. The summed E-state index contributed by atoms with van der Waals surface area (Å²) in [5.74, 6) is -1.76. The maximum Gasteiger partial charge on any atom is 0.308 e. The summed E-state index contributed by atoms with van der Waals surface area (Å²) < 4.78 is 0. The Morgan fingerprint density at radius 1 is 1.45 bits per heavy atom. The Morgan fingerprint density at radius 3 is 2.60 bits per heavy atom. The maximum absolute atomic E-state index is 12.0. The van der Waals surface area contributed by atoms with Gasteiger partial charge in [0, 0.05) is 32.5 Å². The normalized spacial score (nSPS) is 20.9. The van der Waals surface area contributed by atoms with Crippen LogP contribution < -0.4 is 5.32 Å². The van der Waals surface area contributed by atoms with Gasteiger partial charge in [-0.1, -0.05) is 13.8 Å². The van der Waals surface area contributed by atoms with E-state index in [2.05, 4.69) is 5.32 Å². The van der Waals surface area contributed by atoms with E-state index in [-0.39, 0.29) is 36.6 Å². The highest BCUT2D eigenvalue weighted by Gasteiger charge is 2.29. The van der Waals surface area contributed by atoms with Gasteiger partial charge >= 0.3 is 5.97 Å². The Balaban J connectivity index is 2.45. The molecule has 0 unspecified atom stereocenters. The summed E-state index contributed by atoms with van der Waals surface area (Å²) in [6.45, 7) is 4.61. The third-order valence-electron chi connectivity index (χ3n) is 3.66. The molecule has 1 saturated heterocycles. The number of likely N-dealkylation sites (tertiary alicyclic amines) is 1. The van der Waals surface area contributed by atoms with Gasteiger partial charge in [-0.25, -0.2) is 0 Å². The number of hydrogen-bond donors (Lipinski definition) is 2. The van der Waals surface area contributed by atoms with Crippen molar-refractivity contribution in [2.75, 3.05) is 20.1 Å². The summed E-state index contributed by atoms with van der Waals surface area (Å²) in [4.78, 5) is 36.3. The van der Waals surface area contributed by atoms with Crippen molar-refractivity contribution in [2.24, 2.45) is 17.8 Å². The fourth-order valence-corrected chi connectivity index (χ4v) is 2.38. The first-order valence-electron chi connectivity index (χ1n) is 7.05. The Labute approximate surface area is 119 Å². The molecule has 0 spiro atoms.